The van der Waals surface area contributed by atoms with Crippen molar-refractivity contribution >= 4 is 17.4 Å². The smallest absolute Gasteiger partial charge is 0.285 e. The quantitative estimate of drug-likeness (QED) is 0.829. The molecule has 3 nitrogen and oxygen atoms in total. The normalized spacial score (nSPS) is 17.4. The highest BCUT2D eigenvalue weighted by molar-refractivity contribution is 7.10. The van der Waals surface area contributed by atoms with Crippen LogP contribution in [0.3, 0.4) is 0 Å². The first kappa shape index (κ1) is 9.52. The molecule has 0 fully saturated rings. The van der Waals surface area contributed by atoms with Crippen molar-refractivity contribution in [3.8, 4) is 0 Å². The molecular weight excluding hydrogens is 196 g/mol. The Morgan fingerprint density at radius 3 is 3.21 bits per heavy atom. The summed E-state index contributed by atoms with van der Waals surface area (Å²) in [7, 11) is 0. The number of nitrogens with one attached hydrogen (secondary N) is 1. The third-order valence-electron chi connectivity index (χ3n) is 2.18. The number of rotatable bonds is 3. The molecule has 0 amide bonds. The fourth-order valence-electron chi connectivity index (χ4n) is 1.44. The maximum absolute atomic E-state index is 5.33. The van der Waals surface area contributed by atoms with Crippen LogP contribution < -0.4 is 5.32 Å². The molecule has 4 heteroatoms. The van der Waals surface area contributed by atoms with Crippen LogP contribution >= 0.6 is 11.3 Å². The van der Waals surface area contributed by atoms with Crippen molar-refractivity contribution in [3.63, 3.8) is 0 Å². The molecule has 1 aromatic rings. The van der Waals surface area contributed by atoms with E-state index in [4.69, 9.17) is 4.74 Å². The standard InChI is InChI=1S/C10H14N2OS/c1-2-8(9-4-3-7-14-9)12-10-11-5-6-13-10/h3-4,7-8H,2,5-6H2,1H3,(H,11,12)/t8-/m1/s1. The summed E-state index contributed by atoms with van der Waals surface area (Å²) in [6.45, 7) is 3.65. The molecule has 0 saturated carbocycles. The number of hydrogen-bond donors (Lipinski definition) is 1. The van der Waals surface area contributed by atoms with Crippen LogP contribution in [-0.2, 0) is 4.74 Å². The predicted molar refractivity (Wildman–Crippen MR) is 58.7 cm³/mol. The predicted octanol–water partition coefficient (Wildman–Crippen LogP) is 2.17. The van der Waals surface area contributed by atoms with Crippen molar-refractivity contribution in [1.29, 1.82) is 0 Å². The van der Waals surface area contributed by atoms with E-state index in [2.05, 4.69) is 34.7 Å². The van der Waals surface area contributed by atoms with Gasteiger partial charge in [-0.25, -0.2) is 4.99 Å². The van der Waals surface area contributed by atoms with E-state index in [0.29, 0.717) is 18.7 Å². The van der Waals surface area contributed by atoms with Gasteiger partial charge < -0.3 is 10.1 Å². The van der Waals surface area contributed by atoms with E-state index in [1.54, 1.807) is 11.3 Å². The SMILES string of the molecule is CC[C@@H](NC1=NCCO1)c1cccs1. The molecule has 0 aliphatic carbocycles. The van der Waals surface area contributed by atoms with E-state index in [-0.39, 0.29) is 0 Å². The van der Waals surface area contributed by atoms with Crippen molar-refractivity contribution in [2.24, 2.45) is 4.99 Å². The molecule has 1 aromatic heterocycles. The Morgan fingerprint density at radius 1 is 1.71 bits per heavy atom. The Kier molecular flexibility index (Phi) is 3.03. The van der Waals surface area contributed by atoms with Gasteiger partial charge in [0.15, 0.2) is 0 Å². The minimum absolute atomic E-state index is 0.340. The van der Waals surface area contributed by atoms with Gasteiger partial charge >= 0.3 is 0 Å². The highest BCUT2D eigenvalue weighted by atomic mass is 32.1. The third-order valence-corrected chi connectivity index (χ3v) is 3.16. The van der Waals surface area contributed by atoms with E-state index >= 15 is 0 Å². The minimum Gasteiger partial charge on any atom is -0.463 e. The first-order valence-electron chi connectivity index (χ1n) is 4.87. The van der Waals surface area contributed by atoms with Crippen molar-refractivity contribution in [3.05, 3.63) is 22.4 Å². The van der Waals surface area contributed by atoms with Crippen molar-refractivity contribution in [2.45, 2.75) is 19.4 Å². The Balaban J connectivity index is 2.00. The first-order valence-corrected chi connectivity index (χ1v) is 5.75. The lowest BCUT2D eigenvalue weighted by Gasteiger charge is -2.15. The summed E-state index contributed by atoms with van der Waals surface area (Å²) in [5.74, 6) is 0. The summed E-state index contributed by atoms with van der Waals surface area (Å²) in [6, 6.07) is 5.25. The fourth-order valence-corrected chi connectivity index (χ4v) is 2.30. The highest BCUT2D eigenvalue weighted by Gasteiger charge is 2.15. The molecule has 0 radical (unpaired) electrons. The van der Waals surface area contributed by atoms with Gasteiger partial charge in [-0.2, -0.15) is 0 Å². The topological polar surface area (TPSA) is 33.6 Å². The molecule has 0 unspecified atom stereocenters. The molecule has 2 rings (SSSR count). The summed E-state index contributed by atoms with van der Waals surface area (Å²) in [5, 5.41) is 5.40. The van der Waals surface area contributed by atoms with Crippen molar-refractivity contribution < 1.29 is 4.74 Å². The molecule has 0 aromatic carbocycles. The van der Waals surface area contributed by atoms with Crippen LogP contribution in [0, 0.1) is 0 Å². The van der Waals surface area contributed by atoms with E-state index in [0.717, 1.165) is 13.0 Å². The van der Waals surface area contributed by atoms with E-state index in [1.807, 2.05) is 0 Å². The molecule has 0 spiro atoms. The summed E-state index contributed by atoms with van der Waals surface area (Å²) in [5.41, 5.74) is 0. The van der Waals surface area contributed by atoms with E-state index in [9.17, 15) is 0 Å². The lowest BCUT2D eigenvalue weighted by atomic mass is 10.2. The lowest BCUT2D eigenvalue weighted by Crippen LogP contribution is -2.27. The highest BCUT2D eigenvalue weighted by Crippen LogP contribution is 2.21. The number of ether oxygens (including phenoxy) is 1. The Hall–Kier alpha value is -1.03. The Labute approximate surface area is 87.8 Å². The maximum atomic E-state index is 5.33. The molecule has 1 aliphatic rings. The third kappa shape index (κ3) is 2.07. The van der Waals surface area contributed by atoms with E-state index in [1.165, 1.54) is 4.88 Å². The molecule has 1 aliphatic heterocycles. The molecule has 0 bridgehead atoms. The Bertz CT molecular complexity index is 308. The summed E-state index contributed by atoms with van der Waals surface area (Å²) in [4.78, 5) is 5.56. The maximum Gasteiger partial charge on any atom is 0.285 e. The lowest BCUT2D eigenvalue weighted by molar-refractivity contribution is 0.324. The van der Waals surface area contributed by atoms with Gasteiger partial charge in [-0.3, -0.25) is 0 Å². The number of amidine groups is 1. The summed E-state index contributed by atoms with van der Waals surface area (Å²) < 4.78 is 5.33. The van der Waals surface area contributed by atoms with Crippen molar-refractivity contribution in [1.82, 2.24) is 5.32 Å². The fraction of sp³-hybridized carbons (Fsp3) is 0.500. The molecule has 1 N–H and O–H groups in total. The number of nitrogens with zero attached hydrogens (tertiary/aromatic N) is 1. The molecule has 14 heavy (non-hydrogen) atoms. The monoisotopic (exact) mass is 210 g/mol. The van der Waals surface area contributed by atoms with Crippen LogP contribution in [0.5, 0.6) is 0 Å². The van der Waals surface area contributed by atoms with Gasteiger partial charge in [0.2, 0.25) is 0 Å². The number of hydrogen-bond acceptors (Lipinski definition) is 4. The summed E-state index contributed by atoms with van der Waals surface area (Å²) >= 11 is 1.77. The van der Waals surface area contributed by atoms with E-state index < -0.39 is 0 Å². The molecule has 1 atom stereocenters. The van der Waals surface area contributed by atoms with Gasteiger partial charge in [-0.15, -0.1) is 11.3 Å². The van der Waals surface area contributed by atoms with Gasteiger partial charge in [-0.1, -0.05) is 13.0 Å². The van der Waals surface area contributed by atoms with Gasteiger partial charge in [0.05, 0.1) is 12.6 Å². The Morgan fingerprint density at radius 2 is 2.64 bits per heavy atom. The van der Waals surface area contributed by atoms with Crippen LogP contribution in [-0.4, -0.2) is 19.2 Å². The molecule has 2 heterocycles. The van der Waals surface area contributed by atoms with Gasteiger partial charge in [0, 0.05) is 4.88 Å². The largest absolute Gasteiger partial charge is 0.463 e. The number of thiophene rings is 1. The average molecular weight is 210 g/mol. The summed E-state index contributed by atoms with van der Waals surface area (Å²) in [6.07, 6.45) is 1.04. The second kappa shape index (κ2) is 4.46. The van der Waals surface area contributed by atoms with Crippen LogP contribution in [0.4, 0.5) is 0 Å². The zero-order valence-electron chi connectivity index (χ0n) is 8.19. The first-order chi connectivity index (χ1) is 6.90. The second-order valence-corrected chi connectivity index (χ2v) is 4.14. The molecular formula is C10H14N2OS. The zero-order chi connectivity index (χ0) is 9.80. The molecule has 0 saturated heterocycles. The molecule has 76 valence electrons. The zero-order valence-corrected chi connectivity index (χ0v) is 9.01. The van der Waals surface area contributed by atoms with Crippen molar-refractivity contribution in [2.75, 3.05) is 13.2 Å². The van der Waals surface area contributed by atoms with Gasteiger partial charge in [-0.05, 0) is 17.9 Å². The number of aliphatic imine (C=N–C) groups is 1. The average Bonchev–Trinajstić information content (AvgIpc) is 2.86. The van der Waals surface area contributed by atoms with Crippen LogP contribution in [0.2, 0.25) is 0 Å². The van der Waals surface area contributed by atoms with Crippen LogP contribution in [0.25, 0.3) is 0 Å². The van der Waals surface area contributed by atoms with Crippen LogP contribution in [0.15, 0.2) is 22.5 Å². The van der Waals surface area contributed by atoms with Gasteiger partial charge in [0.1, 0.15) is 6.61 Å². The second-order valence-electron chi connectivity index (χ2n) is 3.16. The van der Waals surface area contributed by atoms with Gasteiger partial charge in [0.25, 0.3) is 6.02 Å². The van der Waals surface area contributed by atoms with Crippen LogP contribution in [0.1, 0.15) is 24.3 Å². The minimum atomic E-state index is 0.340.